The Hall–Kier alpha value is -6.23. The van der Waals surface area contributed by atoms with E-state index in [1.54, 1.807) is 64.1 Å². The van der Waals surface area contributed by atoms with Gasteiger partial charge in [0.15, 0.2) is 5.75 Å². The van der Waals surface area contributed by atoms with Crippen molar-refractivity contribution in [2.24, 2.45) is 28.8 Å². The molecule has 9 unspecified atom stereocenters. The number of carbonyl (C=O) groups is 4. The molecule has 3 heterocycles. The smallest absolute Gasteiger partial charge is 0.312 e. The van der Waals surface area contributed by atoms with Gasteiger partial charge in [0, 0.05) is 61.2 Å². The number of hydrogen-bond donors (Lipinski definition) is 7. The molecule has 0 saturated heterocycles. The van der Waals surface area contributed by atoms with Gasteiger partial charge in [-0.3, -0.25) is 19.2 Å². The third-order valence-corrected chi connectivity index (χ3v) is 11.6. The van der Waals surface area contributed by atoms with Crippen LogP contribution in [0.15, 0.2) is 71.6 Å². The van der Waals surface area contributed by atoms with Crippen molar-refractivity contribution in [2.75, 3.05) is 12.4 Å². The van der Waals surface area contributed by atoms with Gasteiger partial charge < -0.3 is 49.8 Å². The van der Waals surface area contributed by atoms with E-state index in [9.17, 15) is 44.7 Å². The zero-order valence-corrected chi connectivity index (χ0v) is 36.1. The first-order valence-electron chi connectivity index (χ1n) is 20.2. The summed E-state index contributed by atoms with van der Waals surface area (Å²) in [6.07, 6.45) is 4.17. The lowest BCUT2D eigenvalue weighted by Crippen LogP contribution is -2.46. The predicted octanol–water partition coefficient (Wildman–Crippen LogP) is 5.45. The summed E-state index contributed by atoms with van der Waals surface area (Å²) < 4.78 is 23.5. The number of anilines is 1. The maximum atomic E-state index is 14.4. The SMILES string of the molecule is COC1/C=C/OC2(C)Oc3c(C)c(O)c4c(O)c(c(/C=N/NC(=O)Cc5ccccc5)c(O)c4c3C2=O)NC(=O)/C(C)=C\C=C\C(C)C(O)C(C)C(O)C(C)C(OC(C)=O)C1C. The molecule has 3 aromatic rings. The third-order valence-electron chi connectivity index (χ3n) is 11.6. The highest BCUT2D eigenvalue weighted by Gasteiger charge is 2.50. The van der Waals surface area contributed by atoms with Crippen LogP contribution in [0.2, 0.25) is 0 Å². The minimum absolute atomic E-state index is 0.00356. The van der Waals surface area contributed by atoms with Gasteiger partial charge in [0.1, 0.15) is 23.4 Å². The largest absolute Gasteiger partial charge is 0.507 e. The lowest BCUT2D eigenvalue weighted by Gasteiger charge is -2.38. The number of hydrogen-bond acceptors (Lipinski definition) is 14. The number of benzene rings is 3. The predicted molar refractivity (Wildman–Crippen MR) is 230 cm³/mol. The molecular weight excluding hydrogens is 803 g/mol. The molecule has 0 aliphatic carbocycles. The maximum Gasteiger partial charge on any atom is 0.312 e. The quantitative estimate of drug-likeness (QED) is 0.0537. The number of aliphatic hydroxyl groups is 2. The molecule has 0 saturated carbocycles. The van der Waals surface area contributed by atoms with Crippen LogP contribution in [-0.2, 0) is 35.0 Å². The number of esters is 1. The van der Waals surface area contributed by atoms with Gasteiger partial charge in [0.05, 0.1) is 59.4 Å². The summed E-state index contributed by atoms with van der Waals surface area (Å²) in [6.45, 7) is 12.3. The summed E-state index contributed by atoms with van der Waals surface area (Å²) in [6, 6.07) is 8.84. The van der Waals surface area contributed by atoms with Gasteiger partial charge in [-0.2, -0.15) is 5.10 Å². The van der Waals surface area contributed by atoms with Crippen molar-refractivity contribution in [1.82, 2.24) is 5.43 Å². The first-order chi connectivity index (χ1) is 29.2. The number of hydrazone groups is 1. The van der Waals surface area contributed by atoms with Crippen LogP contribution in [0.4, 0.5) is 5.69 Å². The summed E-state index contributed by atoms with van der Waals surface area (Å²) >= 11 is 0. The summed E-state index contributed by atoms with van der Waals surface area (Å²) in [7, 11) is 1.41. The number of allylic oxidation sites excluding steroid dienone is 2. The Morgan fingerprint density at radius 2 is 1.61 bits per heavy atom. The minimum atomic E-state index is -2.11. The lowest BCUT2D eigenvalue weighted by molar-refractivity contribution is -0.160. The molecule has 0 aromatic heterocycles. The van der Waals surface area contributed by atoms with Crippen molar-refractivity contribution in [2.45, 2.75) is 92.0 Å². The number of amides is 2. The van der Waals surface area contributed by atoms with E-state index >= 15 is 0 Å². The number of nitrogens with one attached hydrogen (secondary N) is 2. The molecule has 0 spiro atoms. The van der Waals surface area contributed by atoms with Crippen molar-refractivity contribution in [1.29, 1.82) is 0 Å². The minimum Gasteiger partial charge on any atom is -0.507 e. The number of carbonyl (C=O) groups excluding carboxylic acids is 4. The van der Waals surface area contributed by atoms with Gasteiger partial charge in [-0.1, -0.05) is 76.3 Å². The second kappa shape index (κ2) is 19.2. The highest BCUT2D eigenvalue weighted by molar-refractivity contribution is 6.24. The van der Waals surface area contributed by atoms with Gasteiger partial charge in [0.2, 0.25) is 5.91 Å². The molecule has 6 rings (SSSR count). The summed E-state index contributed by atoms with van der Waals surface area (Å²) in [4.78, 5) is 53.3. The summed E-state index contributed by atoms with van der Waals surface area (Å²) in [5.41, 5.74) is 2.13. The van der Waals surface area contributed by atoms with Crippen LogP contribution in [0.1, 0.15) is 75.5 Å². The normalized spacial score (nSPS) is 29.0. The van der Waals surface area contributed by atoms with E-state index in [1.807, 2.05) is 0 Å². The number of ketones is 1. The van der Waals surface area contributed by atoms with Gasteiger partial charge in [0.25, 0.3) is 11.7 Å². The number of phenolic OH excluding ortho intramolecular Hbond substituents is 3. The molecule has 2 amide bonds. The molecule has 3 aromatic carbocycles. The molecule has 62 heavy (non-hydrogen) atoms. The van der Waals surface area contributed by atoms with Crippen LogP contribution in [0.5, 0.6) is 23.0 Å². The molecule has 0 radical (unpaired) electrons. The van der Waals surface area contributed by atoms with Crippen LogP contribution in [0.25, 0.3) is 10.8 Å². The molecule has 3 aliphatic heterocycles. The Labute approximate surface area is 359 Å². The second-order valence-corrected chi connectivity index (χ2v) is 16.1. The Bertz CT molecular complexity index is 2340. The molecule has 332 valence electrons. The molecule has 16 heteroatoms. The first-order valence-corrected chi connectivity index (χ1v) is 20.2. The van der Waals surface area contributed by atoms with Gasteiger partial charge in [-0.25, -0.2) is 5.43 Å². The van der Waals surface area contributed by atoms with Crippen LogP contribution >= 0.6 is 0 Å². The fourth-order valence-electron chi connectivity index (χ4n) is 7.86. The number of methoxy groups -OCH3 is 1. The molecule has 0 fully saturated rings. The number of ether oxygens (including phenoxy) is 4. The standard InChI is InChI=1S/C46H55N3O13/c1-22-14-13-15-23(2)45(58)48-36-30(21-47-49-32(51)20-29-16-11-10-12-17-29)40(55)33-34(41(36)56)39(54)27(6)43-35(33)44(57)46(8,62-43)60-19-18-31(59-9)24(3)42(61-28(7)50)26(5)38(53)25(4)37(22)52/h10-19,21-22,24-26,31,37-38,42,52-56H,20H2,1-9H3,(H,48,58)(H,49,51)/b14-13+,19-18+,23-15-,47-21+. The van der Waals surface area contributed by atoms with Crippen molar-refractivity contribution in [3.8, 4) is 23.0 Å². The number of fused-ring (bicyclic) bond motifs is 14. The topological polar surface area (TPSA) is 243 Å². The van der Waals surface area contributed by atoms with Crippen LogP contribution in [0.3, 0.4) is 0 Å². The van der Waals surface area contributed by atoms with E-state index in [-0.39, 0.29) is 39.8 Å². The Morgan fingerprint density at radius 1 is 0.935 bits per heavy atom. The molecule has 7 N–H and O–H groups in total. The van der Waals surface area contributed by atoms with Crippen molar-refractivity contribution in [3.05, 3.63) is 88.7 Å². The number of phenols is 3. The van der Waals surface area contributed by atoms with Crippen molar-refractivity contribution >= 4 is 46.2 Å². The van der Waals surface area contributed by atoms with E-state index in [4.69, 9.17) is 18.9 Å². The number of aromatic hydroxyl groups is 3. The maximum absolute atomic E-state index is 14.4. The molecule has 9 atom stereocenters. The molecular formula is C46H55N3O13. The lowest BCUT2D eigenvalue weighted by atomic mass is 9.78. The van der Waals surface area contributed by atoms with Crippen LogP contribution in [-0.4, -0.2) is 92.6 Å². The molecule has 3 aliphatic rings. The van der Waals surface area contributed by atoms with E-state index < -0.39 is 106 Å². The number of rotatable bonds is 6. The van der Waals surface area contributed by atoms with E-state index in [0.717, 1.165) is 12.5 Å². The van der Waals surface area contributed by atoms with E-state index in [0.29, 0.717) is 5.56 Å². The van der Waals surface area contributed by atoms with E-state index in [2.05, 4.69) is 15.8 Å². The number of Topliss-reactive ketones (excluding diaryl/α,β-unsaturated/α-hetero) is 1. The first kappa shape index (κ1) is 46.8. The highest BCUT2D eigenvalue weighted by atomic mass is 16.7. The zero-order chi connectivity index (χ0) is 45.8. The third kappa shape index (κ3) is 9.47. The molecule has 16 nitrogen and oxygen atoms in total. The van der Waals surface area contributed by atoms with Crippen LogP contribution in [0, 0.1) is 30.6 Å². The second-order valence-electron chi connectivity index (χ2n) is 16.1. The Balaban J connectivity index is 1.68. The Kier molecular flexibility index (Phi) is 14.5. The zero-order valence-electron chi connectivity index (χ0n) is 36.1. The summed E-state index contributed by atoms with van der Waals surface area (Å²) in [5, 5.41) is 64.1. The van der Waals surface area contributed by atoms with Crippen molar-refractivity contribution in [3.63, 3.8) is 0 Å². The fourth-order valence-corrected chi connectivity index (χ4v) is 7.86. The monoisotopic (exact) mass is 857 g/mol. The van der Waals surface area contributed by atoms with Gasteiger partial charge in [-0.05, 0) is 25.5 Å². The Morgan fingerprint density at radius 3 is 2.26 bits per heavy atom. The average Bonchev–Trinajstić information content (AvgIpc) is 3.50. The van der Waals surface area contributed by atoms with E-state index in [1.165, 1.54) is 53.0 Å². The molecule has 5 bridgehead atoms. The fraction of sp³-hybridized carbons (Fsp3) is 0.413. The van der Waals surface area contributed by atoms with Gasteiger partial charge >= 0.3 is 11.8 Å². The number of nitrogens with zero attached hydrogens (tertiary/aromatic N) is 1. The number of aliphatic hydroxyl groups excluding tert-OH is 2. The summed E-state index contributed by atoms with van der Waals surface area (Å²) in [5.74, 6) is -9.65. The average molecular weight is 858 g/mol. The van der Waals surface area contributed by atoms with Crippen LogP contribution < -0.4 is 15.5 Å². The van der Waals surface area contributed by atoms with Gasteiger partial charge in [-0.15, -0.1) is 0 Å². The van der Waals surface area contributed by atoms with Crippen molar-refractivity contribution < 1.29 is 63.7 Å². The highest BCUT2D eigenvalue weighted by Crippen LogP contribution is 2.55.